The number of carbonyl (C=O) groups excluding carboxylic acids is 1. The van der Waals surface area contributed by atoms with Gasteiger partial charge in [0, 0.05) is 5.56 Å². The molecule has 0 aliphatic heterocycles. The average molecular weight is 297 g/mol. The van der Waals surface area contributed by atoms with Gasteiger partial charge in [-0.05, 0) is 24.3 Å². The Morgan fingerprint density at radius 3 is 2.50 bits per heavy atom. The van der Waals surface area contributed by atoms with E-state index in [-0.39, 0.29) is 22.4 Å². The van der Waals surface area contributed by atoms with Gasteiger partial charge in [0.1, 0.15) is 0 Å². The number of sulfonamides is 1. The third kappa shape index (κ3) is 2.85. The smallest absolute Gasteiger partial charge is 0.336 e. The summed E-state index contributed by atoms with van der Waals surface area (Å²) in [7, 11) is -2.49. The van der Waals surface area contributed by atoms with Crippen molar-refractivity contribution in [2.75, 3.05) is 11.8 Å². The van der Waals surface area contributed by atoms with Gasteiger partial charge in [-0.2, -0.15) is 4.98 Å². The molecule has 0 saturated carbocycles. The Morgan fingerprint density at radius 1 is 1.35 bits per heavy atom. The second kappa shape index (κ2) is 5.17. The lowest BCUT2D eigenvalue weighted by Crippen LogP contribution is -2.15. The second-order valence-electron chi connectivity index (χ2n) is 3.66. The lowest BCUT2D eigenvalue weighted by atomic mass is 10.2. The average Bonchev–Trinajstić information content (AvgIpc) is 2.85. The van der Waals surface area contributed by atoms with Crippen molar-refractivity contribution in [3.05, 3.63) is 29.8 Å². The third-order valence-electron chi connectivity index (χ3n) is 2.33. The number of primary amides is 1. The molecule has 0 spiro atoms. The minimum Gasteiger partial charge on any atom is -0.466 e. The van der Waals surface area contributed by atoms with Crippen LogP contribution in [-0.4, -0.2) is 36.6 Å². The molecule has 0 aliphatic rings. The van der Waals surface area contributed by atoms with Crippen LogP contribution in [-0.2, 0) is 10.0 Å². The van der Waals surface area contributed by atoms with E-state index in [9.17, 15) is 13.2 Å². The number of aromatic nitrogens is 3. The number of hydrogen-bond acceptors (Lipinski definition) is 6. The summed E-state index contributed by atoms with van der Waals surface area (Å²) in [6, 6.07) is 5.16. The van der Waals surface area contributed by atoms with Crippen molar-refractivity contribution < 1.29 is 17.9 Å². The molecule has 1 aromatic heterocycles. The molecule has 0 bridgehead atoms. The summed E-state index contributed by atoms with van der Waals surface area (Å²) < 4.78 is 31.0. The first-order valence-corrected chi connectivity index (χ1v) is 6.80. The number of H-pyrrole nitrogens is 1. The number of ether oxygens (including phenoxy) is 1. The fourth-order valence-electron chi connectivity index (χ4n) is 1.37. The Kier molecular flexibility index (Phi) is 3.57. The van der Waals surface area contributed by atoms with Gasteiger partial charge in [0.05, 0.1) is 12.0 Å². The number of anilines is 1. The topological polar surface area (TPSA) is 140 Å². The van der Waals surface area contributed by atoms with Gasteiger partial charge in [-0.1, -0.05) is 0 Å². The zero-order chi connectivity index (χ0) is 14.8. The van der Waals surface area contributed by atoms with Crippen LogP contribution in [0.25, 0.3) is 0 Å². The van der Waals surface area contributed by atoms with Gasteiger partial charge in [0.25, 0.3) is 10.0 Å². The Labute approximate surface area is 114 Å². The third-order valence-corrected chi connectivity index (χ3v) is 3.68. The van der Waals surface area contributed by atoms with Gasteiger partial charge >= 0.3 is 6.01 Å². The van der Waals surface area contributed by atoms with E-state index in [1.54, 1.807) is 0 Å². The van der Waals surface area contributed by atoms with Gasteiger partial charge < -0.3 is 10.5 Å². The van der Waals surface area contributed by atoms with E-state index in [1.807, 2.05) is 0 Å². The van der Waals surface area contributed by atoms with Gasteiger partial charge in [0.2, 0.25) is 11.9 Å². The van der Waals surface area contributed by atoms with E-state index >= 15 is 0 Å². The van der Waals surface area contributed by atoms with Crippen LogP contribution in [0.3, 0.4) is 0 Å². The monoisotopic (exact) mass is 297 g/mol. The summed E-state index contributed by atoms with van der Waals surface area (Å²) in [5.74, 6) is -0.720. The van der Waals surface area contributed by atoms with E-state index < -0.39 is 15.9 Å². The maximum Gasteiger partial charge on any atom is 0.336 e. The van der Waals surface area contributed by atoms with Crippen molar-refractivity contribution >= 4 is 21.9 Å². The fourth-order valence-corrected chi connectivity index (χ4v) is 2.33. The molecule has 4 N–H and O–H groups in total. The molecular formula is C10H11N5O4S. The first-order chi connectivity index (χ1) is 9.42. The largest absolute Gasteiger partial charge is 0.466 e. The summed E-state index contributed by atoms with van der Waals surface area (Å²) in [5.41, 5.74) is 5.29. The summed E-state index contributed by atoms with van der Waals surface area (Å²) in [4.78, 5) is 14.6. The van der Waals surface area contributed by atoms with E-state index in [2.05, 4.69) is 19.9 Å². The molecule has 106 valence electrons. The van der Waals surface area contributed by atoms with Crippen molar-refractivity contribution in [2.45, 2.75) is 4.90 Å². The normalized spacial score (nSPS) is 11.1. The van der Waals surface area contributed by atoms with Crippen LogP contribution in [0.1, 0.15) is 10.4 Å². The summed E-state index contributed by atoms with van der Waals surface area (Å²) in [6.07, 6.45) is 0. The Bertz CT molecular complexity index is 722. The molecule has 9 nitrogen and oxygen atoms in total. The molecule has 0 saturated heterocycles. The minimum atomic E-state index is -3.84. The Balaban J connectivity index is 2.23. The van der Waals surface area contributed by atoms with Gasteiger partial charge in [-0.3, -0.25) is 4.79 Å². The Hall–Kier alpha value is -2.62. The minimum absolute atomic E-state index is 0.00627. The quantitative estimate of drug-likeness (QED) is 0.693. The van der Waals surface area contributed by atoms with Gasteiger partial charge in [-0.15, -0.1) is 5.10 Å². The summed E-state index contributed by atoms with van der Waals surface area (Å²) in [6.45, 7) is 0. The van der Waals surface area contributed by atoms with E-state index in [0.717, 1.165) is 0 Å². The molecule has 10 heteroatoms. The maximum atomic E-state index is 12.0. The zero-order valence-corrected chi connectivity index (χ0v) is 11.1. The number of nitrogens with one attached hydrogen (secondary N) is 2. The number of methoxy groups -OCH3 is 1. The highest BCUT2D eigenvalue weighted by Gasteiger charge is 2.17. The fraction of sp³-hybridized carbons (Fsp3) is 0.100. The molecule has 20 heavy (non-hydrogen) atoms. The molecule has 1 amide bonds. The van der Waals surface area contributed by atoms with Gasteiger partial charge in [-0.25, -0.2) is 18.2 Å². The summed E-state index contributed by atoms with van der Waals surface area (Å²) >= 11 is 0. The van der Waals surface area contributed by atoms with Gasteiger partial charge in [0.15, 0.2) is 0 Å². The first kappa shape index (κ1) is 13.8. The van der Waals surface area contributed by atoms with E-state index in [4.69, 9.17) is 10.5 Å². The highest BCUT2D eigenvalue weighted by molar-refractivity contribution is 7.92. The van der Waals surface area contributed by atoms with E-state index in [1.165, 1.54) is 31.4 Å². The molecule has 0 radical (unpaired) electrons. The predicted molar refractivity (Wildman–Crippen MR) is 68.7 cm³/mol. The highest BCUT2D eigenvalue weighted by Crippen LogP contribution is 2.15. The molecule has 0 fully saturated rings. The zero-order valence-electron chi connectivity index (χ0n) is 10.3. The molecule has 0 aliphatic carbocycles. The van der Waals surface area contributed by atoms with Crippen LogP contribution in [0.15, 0.2) is 29.2 Å². The molecule has 0 atom stereocenters. The van der Waals surface area contributed by atoms with Crippen LogP contribution >= 0.6 is 0 Å². The van der Waals surface area contributed by atoms with Crippen molar-refractivity contribution in [3.8, 4) is 6.01 Å². The number of aromatic amines is 1. The van der Waals surface area contributed by atoms with Crippen LogP contribution in [0.2, 0.25) is 0 Å². The number of rotatable bonds is 5. The molecule has 2 aromatic rings. The molecule has 0 unspecified atom stereocenters. The number of carbonyl (C=O) groups is 1. The number of nitrogens with two attached hydrogens (primary N) is 1. The van der Waals surface area contributed by atoms with Crippen LogP contribution in [0.4, 0.5) is 5.95 Å². The standard InChI is InChI=1S/C10H11N5O4S/c1-19-10-12-9(13-14-10)15-20(17,18)7-4-2-6(3-5-7)8(11)16/h2-5H,1H3,(H2,11,16)(H2,12,13,14,15). The van der Waals surface area contributed by atoms with Crippen molar-refractivity contribution in [1.82, 2.24) is 15.2 Å². The van der Waals surface area contributed by atoms with Crippen molar-refractivity contribution in [2.24, 2.45) is 5.73 Å². The number of amides is 1. The molecule has 1 aromatic carbocycles. The molecular weight excluding hydrogens is 286 g/mol. The van der Waals surface area contributed by atoms with Crippen LogP contribution < -0.4 is 15.2 Å². The second-order valence-corrected chi connectivity index (χ2v) is 5.35. The van der Waals surface area contributed by atoms with Crippen LogP contribution in [0.5, 0.6) is 6.01 Å². The SMILES string of the molecule is COc1n[nH]c(NS(=O)(=O)c2ccc(C(N)=O)cc2)n1. The van der Waals surface area contributed by atoms with Crippen molar-refractivity contribution in [3.63, 3.8) is 0 Å². The first-order valence-electron chi connectivity index (χ1n) is 5.31. The van der Waals surface area contributed by atoms with E-state index in [0.29, 0.717) is 0 Å². The number of benzene rings is 1. The maximum absolute atomic E-state index is 12.0. The number of hydrogen-bond donors (Lipinski definition) is 3. The lowest BCUT2D eigenvalue weighted by molar-refractivity contribution is 0.1000. The summed E-state index contributed by atoms with van der Waals surface area (Å²) in [5, 5.41) is 5.97. The number of nitrogens with zero attached hydrogens (tertiary/aromatic N) is 2. The molecule has 2 rings (SSSR count). The highest BCUT2D eigenvalue weighted by atomic mass is 32.2. The lowest BCUT2D eigenvalue weighted by Gasteiger charge is -2.05. The predicted octanol–water partition coefficient (Wildman–Crippen LogP) is -0.287. The molecule has 1 heterocycles. The van der Waals surface area contributed by atoms with Crippen molar-refractivity contribution in [1.29, 1.82) is 0 Å². The van der Waals surface area contributed by atoms with Crippen LogP contribution in [0, 0.1) is 0 Å². The Morgan fingerprint density at radius 2 is 2.00 bits per heavy atom.